The van der Waals surface area contributed by atoms with Crippen molar-refractivity contribution in [2.24, 2.45) is 4.99 Å². The molecule has 8 heteroatoms. The summed E-state index contributed by atoms with van der Waals surface area (Å²) in [5.41, 5.74) is 0. The fraction of sp³-hybridized carbons (Fsp3) is 0.471. The first-order valence-corrected chi connectivity index (χ1v) is 8.44. The first kappa shape index (κ1) is 17.2. The van der Waals surface area contributed by atoms with Crippen LogP contribution in [0.2, 0.25) is 0 Å². The number of hydrogen-bond acceptors (Lipinski definition) is 4. The van der Waals surface area contributed by atoms with Crippen LogP contribution in [0.3, 0.4) is 0 Å². The molecule has 25 heavy (non-hydrogen) atoms. The van der Waals surface area contributed by atoms with Gasteiger partial charge in [-0.25, -0.2) is 4.39 Å². The van der Waals surface area contributed by atoms with E-state index < -0.39 is 0 Å². The normalized spacial score (nSPS) is 14.9. The van der Waals surface area contributed by atoms with Gasteiger partial charge in [-0.15, -0.1) is 10.2 Å². The number of aliphatic imine (C=N–C) groups is 1. The van der Waals surface area contributed by atoms with Crippen molar-refractivity contribution in [1.29, 1.82) is 0 Å². The van der Waals surface area contributed by atoms with Crippen molar-refractivity contribution >= 4 is 5.96 Å². The van der Waals surface area contributed by atoms with Crippen molar-refractivity contribution in [3.63, 3.8) is 0 Å². The number of aromatic nitrogens is 3. The SMILES string of the molecule is CN=C(NCc1nnc2n1CCC2)NCC(C)Oc1ccccc1F. The summed E-state index contributed by atoms with van der Waals surface area (Å²) in [6.07, 6.45) is 1.90. The van der Waals surface area contributed by atoms with Gasteiger partial charge in [0.05, 0.1) is 13.1 Å². The van der Waals surface area contributed by atoms with Crippen LogP contribution in [0.15, 0.2) is 29.3 Å². The van der Waals surface area contributed by atoms with E-state index in [1.807, 2.05) is 6.92 Å². The lowest BCUT2D eigenvalue weighted by Gasteiger charge is -2.18. The molecule has 134 valence electrons. The Kier molecular flexibility index (Phi) is 5.47. The molecule has 1 aromatic carbocycles. The van der Waals surface area contributed by atoms with Gasteiger partial charge in [-0.1, -0.05) is 12.1 Å². The fourth-order valence-corrected chi connectivity index (χ4v) is 2.76. The Hall–Kier alpha value is -2.64. The number of rotatable bonds is 6. The molecule has 0 spiro atoms. The summed E-state index contributed by atoms with van der Waals surface area (Å²) in [5, 5.41) is 14.8. The van der Waals surface area contributed by atoms with Gasteiger partial charge in [0.25, 0.3) is 0 Å². The van der Waals surface area contributed by atoms with Crippen LogP contribution in [-0.2, 0) is 19.5 Å². The van der Waals surface area contributed by atoms with Crippen LogP contribution in [0, 0.1) is 5.82 Å². The van der Waals surface area contributed by atoms with Gasteiger partial charge in [0, 0.05) is 20.0 Å². The number of guanidine groups is 1. The summed E-state index contributed by atoms with van der Waals surface area (Å²) >= 11 is 0. The number of halogens is 1. The average Bonchev–Trinajstić information content (AvgIpc) is 3.21. The second-order valence-electron chi connectivity index (χ2n) is 5.95. The lowest BCUT2D eigenvalue weighted by molar-refractivity contribution is 0.214. The summed E-state index contributed by atoms with van der Waals surface area (Å²) in [6.45, 7) is 3.89. The van der Waals surface area contributed by atoms with Gasteiger partial charge in [-0.2, -0.15) is 0 Å². The molecule has 0 aliphatic carbocycles. The Morgan fingerprint density at radius 3 is 3.00 bits per heavy atom. The number of aryl methyl sites for hydroxylation is 1. The summed E-state index contributed by atoms with van der Waals surface area (Å²) in [7, 11) is 1.70. The number of nitrogens with zero attached hydrogens (tertiary/aromatic N) is 4. The Balaban J connectivity index is 1.46. The highest BCUT2D eigenvalue weighted by Gasteiger charge is 2.17. The van der Waals surface area contributed by atoms with Crippen LogP contribution in [-0.4, -0.2) is 40.4 Å². The van der Waals surface area contributed by atoms with Crippen molar-refractivity contribution in [2.45, 2.75) is 39.0 Å². The van der Waals surface area contributed by atoms with E-state index in [-0.39, 0.29) is 17.7 Å². The van der Waals surface area contributed by atoms with Gasteiger partial charge in [0.1, 0.15) is 11.9 Å². The molecule has 2 heterocycles. The van der Waals surface area contributed by atoms with Crippen LogP contribution < -0.4 is 15.4 Å². The molecule has 2 aromatic rings. The molecule has 3 rings (SSSR count). The predicted molar refractivity (Wildman–Crippen MR) is 93.0 cm³/mol. The van der Waals surface area contributed by atoms with E-state index in [0.717, 1.165) is 31.0 Å². The van der Waals surface area contributed by atoms with Crippen molar-refractivity contribution in [2.75, 3.05) is 13.6 Å². The Bertz CT molecular complexity index is 744. The molecule has 0 amide bonds. The smallest absolute Gasteiger partial charge is 0.191 e. The second kappa shape index (κ2) is 7.96. The second-order valence-corrected chi connectivity index (χ2v) is 5.95. The highest BCUT2D eigenvalue weighted by molar-refractivity contribution is 5.79. The highest BCUT2D eigenvalue weighted by atomic mass is 19.1. The third-order valence-electron chi connectivity index (χ3n) is 4.05. The van der Waals surface area contributed by atoms with Crippen molar-refractivity contribution in [1.82, 2.24) is 25.4 Å². The molecular formula is C17H23FN6O. The van der Waals surface area contributed by atoms with Crippen LogP contribution in [0.4, 0.5) is 4.39 Å². The van der Waals surface area contributed by atoms with E-state index in [1.165, 1.54) is 6.07 Å². The Morgan fingerprint density at radius 1 is 1.36 bits per heavy atom. The average molecular weight is 346 g/mol. The molecule has 1 atom stereocenters. The third kappa shape index (κ3) is 4.26. The van der Waals surface area contributed by atoms with Gasteiger partial charge in [-0.3, -0.25) is 4.99 Å². The first-order chi connectivity index (χ1) is 12.2. The first-order valence-electron chi connectivity index (χ1n) is 8.44. The maximum absolute atomic E-state index is 13.6. The quantitative estimate of drug-likeness (QED) is 0.612. The number of benzene rings is 1. The number of hydrogen-bond donors (Lipinski definition) is 2. The predicted octanol–water partition coefficient (Wildman–Crippen LogP) is 1.50. The van der Waals surface area contributed by atoms with Gasteiger partial charge >= 0.3 is 0 Å². The van der Waals surface area contributed by atoms with E-state index in [2.05, 4.69) is 30.4 Å². The summed E-state index contributed by atoms with van der Waals surface area (Å²) in [4.78, 5) is 4.18. The zero-order valence-corrected chi connectivity index (χ0v) is 14.5. The minimum atomic E-state index is -0.363. The van der Waals surface area contributed by atoms with Crippen LogP contribution in [0.25, 0.3) is 0 Å². The van der Waals surface area contributed by atoms with Gasteiger partial charge in [-0.05, 0) is 25.5 Å². The molecule has 7 nitrogen and oxygen atoms in total. The summed E-state index contributed by atoms with van der Waals surface area (Å²) in [6, 6.07) is 6.38. The summed E-state index contributed by atoms with van der Waals surface area (Å²) < 4.78 is 21.4. The molecule has 0 saturated carbocycles. The van der Waals surface area contributed by atoms with Crippen LogP contribution >= 0.6 is 0 Å². The van der Waals surface area contributed by atoms with Crippen LogP contribution in [0.5, 0.6) is 5.75 Å². The molecule has 1 unspecified atom stereocenters. The maximum Gasteiger partial charge on any atom is 0.191 e. The highest BCUT2D eigenvalue weighted by Crippen LogP contribution is 2.16. The van der Waals surface area contributed by atoms with Crippen molar-refractivity contribution in [3.8, 4) is 5.75 Å². The molecule has 1 aromatic heterocycles. The largest absolute Gasteiger partial charge is 0.486 e. The molecule has 0 radical (unpaired) electrons. The van der Waals surface area contributed by atoms with E-state index in [9.17, 15) is 4.39 Å². The molecule has 1 aliphatic heterocycles. The van der Waals surface area contributed by atoms with Crippen LogP contribution in [0.1, 0.15) is 25.0 Å². The van der Waals surface area contributed by atoms with Gasteiger partial charge < -0.3 is 19.9 Å². The fourth-order valence-electron chi connectivity index (χ4n) is 2.76. The van der Waals surface area contributed by atoms with E-state index in [1.54, 1.807) is 25.2 Å². The minimum Gasteiger partial charge on any atom is -0.486 e. The van der Waals surface area contributed by atoms with Gasteiger partial charge in [0.2, 0.25) is 0 Å². The monoisotopic (exact) mass is 346 g/mol. The Labute approximate surface area is 146 Å². The molecule has 0 fully saturated rings. The Morgan fingerprint density at radius 2 is 2.20 bits per heavy atom. The maximum atomic E-state index is 13.6. The molecule has 2 N–H and O–H groups in total. The van der Waals surface area contributed by atoms with Crippen molar-refractivity contribution in [3.05, 3.63) is 41.7 Å². The number of nitrogens with one attached hydrogen (secondary N) is 2. The zero-order chi connectivity index (χ0) is 17.6. The standard InChI is InChI=1S/C17H23FN6O/c1-12(25-14-7-4-3-6-13(14)18)10-20-17(19-2)21-11-16-23-22-15-8-5-9-24(15)16/h3-4,6-7,12H,5,8-11H2,1-2H3,(H2,19,20,21). The van der Waals surface area contributed by atoms with E-state index >= 15 is 0 Å². The number of fused-ring (bicyclic) bond motifs is 1. The number of ether oxygens (including phenoxy) is 1. The van der Waals surface area contributed by atoms with E-state index in [0.29, 0.717) is 19.0 Å². The molecule has 1 aliphatic rings. The minimum absolute atomic E-state index is 0.215. The van der Waals surface area contributed by atoms with Crippen molar-refractivity contribution < 1.29 is 9.13 Å². The van der Waals surface area contributed by atoms with E-state index in [4.69, 9.17) is 4.74 Å². The topological polar surface area (TPSA) is 76.4 Å². The zero-order valence-electron chi connectivity index (χ0n) is 14.5. The molecular weight excluding hydrogens is 323 g/mol. The summed E-state index contributed by atoms with van der Waals surface area (Å²) in [5.74, 6) is 2.48. The lowest BCUT2D eigenvalue weighted by Crippen LogP contribution is -2.41. The number of para-hydroxylation sites is 1. The molecule has 0 bridgehead atoms. The lowest BCUT2D eigenvalue weighted by atomic mass is 10.3. The molecule has 0 saturated heterocycles. The third-order valence-corrected chi connectivity index (χ3v) is 4.05. The van der Waals surface area contributed by atoms with Gasteiger partial charge in [0.15, 0.2) is 23.4 Å².